The lowest BCUT2D eigenvalue weighted by Gasteiger charge is -2.11. The molecule has 0 spiro atoms. The van der Waals surface area contributed by atoms with E-state index in [0.29, 0.717) is 11.5 Å². The van der Waals surface area contributed by atoms with Gasteiger partial charge in [-0.05, 0) is 24.8 Å². The molecule has 1 rings (SSSR count). The van der Waals surface area contributed by atoms with Gasteiger partial charge in [-0.25, -0.2) is 4.79 Å². The molecule has 1 aromatic rings. The second kappa shape index (κ2) is 5.88. The number of rotatable bonds is 6. The highest BCUT2D eigenvalue weighted by molar-refractivity contribution is 7.12. The van der Waals surface area contributed by atoms with Gasteiger partial charge in [-0.3, -0.25) is 0 Å². The molecule has 1 unspecified atom stereocenters. The molecule has 1 heterocycles. The first-order chi connectivity index (χ1) is 7.15. The predicted octanol–water partition coefficient (Wildman–Crippen LogP) is 3.15. The van der Waals surface area contributed by atoms with Crippen LogP contribution in [0.25, 0.3) is 0 Å². The summed E-state index contributed by atoms with van der Waals surface area (Å²) in [6.07, 6.45) is 2.28. The Bertz CT molecular complexity index is 319. The van der Waals surface area contributed by atoms with E-state index in [1.807, 2.05) is 13.0 Å². The summed E-state index contributed by atoms with van der Waals surface area (Å²) in [5, 5.41) is 10.7. The number of carboxylic acid groups (broad SMARTS) is 1. The van der Waals surface area contributed by atoms with E-state index in [9.17, 15) is 4.79 Å². The van der Waals surface area contributed by atoms with Crippen LogP contribution in [0, 0.1) is 0 Å². The highest BCUT2D eigenvalue weighted by Crippen LogP contribution is 2.18. The van der Waals surface area contributed by atoms with Crippen LogP contribution in [0.15, 0.2) is 11.4 Å². The first-order valence-electron chi connectivity index (χ1n) is 5.06. The summed E-state index contributed by atoms with van der Waals surface area (Å²) in [7, 11) is 0. The first kappa shape index (κ1) is 12.2. The molecule has 1 aromatic heterocycles. The topological polar surface area (TPSA) is 46.5 Å². The molecule has 0 saturated carbocycles. The third kappa shape index (κ3) is 3.64. The number of hydrogen-bond donors (Lipinski definition) is 1. The lowest BCUT2D eigenvalue weighted by Crippen LogP contribution is -2.08. The van der Waals surface area contributed by atoms with Crippen LogP contribution >= 0.6 is 11.3 Å². The minimum atomic E-state index is -0.869. The Morgan fingerprint density at radius 2 is 2.40 bits per heavy atom. The fourth-order valence-corrected chi connectivity index (χ4v) is 2.11. The molecular weight excluding hydrogens is 212 g/mol. The molecule has 1 atom stereocenters. The van der Waals surface area contributed by atoms with Crippen molar-refractivity contribution in [3.05, 3.63) is 21.9 Å². The van der Waals surface area contributed by atoms with Crippen molar-refractivity contribution in [2.45, 2.75) is 39.4 Å². The quantitative estimate of drug-likeness (QED) is 0.813. The number of thiophene rings is 1. The van der Waals surface area contributed by atoms with E-state index in [0.717, 1.165) is 18.4 Å². The SMILES string of the molecule is CCCC(C)OCc1ccsc1C(=O)O. The summed E-state index contributed by atoms with van der Waals surface area (Å²) in [4.78, 5) is 11.2. The molecule has 3 nitrogen and oxygen atoms in total. The van der Waals surface area contributed by atoms with E-state index in [1.165, 1.54) is 11.3 Å². The summed E-state index contributed by atoms with van der Waals surface area (Å²) in [6.45, 7) is 4.51. The van der Waals surface area contributed by atoms with Crippen molar-refractivity contribution in [3.8, 4) is 0 Å². The van der Waals surface area contributed by atoms with E-state index in [4.69, 9.17) is 9.84 Å². The van der Waals surface area contributed by atoms with Gasteiger partial charge in [-0.2, -0.15) is 0 Å². The lowest BCUT2D eigenvalue weighted by atomic mass is 10.2. The van der Waals surface area contributed by atoms with Gasteiger partial charge in [-0.15, -0.1) is 11.3 Å². The van der Waals surface area contributed by atoms with Crippen molar-refractivity contribution in [3.63, 3.8) is 0 Å². The maximum atomic E-state index is 10.8. The van der Waals surface area contributed by atoms with Crippen LogP contribution in [0.1, 0.15) is 41.9 Å². The van der Waals surface area contributed by atoms with E-state index in [2.05, 4.69) is 6.92 Å². The standard InChI is InChI=1S/C11H16O3S/c1-3-4-8(2)14-7-9-5-6-15-10(9)11(12)13/h5-6,8H,3-4,7H2,1-2H3,(H,12,13). The van der Waals surface area contributed by atoms with Gasteiger partial charge < -0.3 is 9.84 Å². The number of hydrogen-bond acceptors (Lipinski definition) is 3. The molecule has 0 fully saturated rings. The van der Waals surface area contributed by atoms with Crippen molar-refractivity contribution in [2.24, 2.45) is 0 Å². The maximum Gasteiger partial charge on any atom is 0.346 e. The maximum absolute atomic E-state index is 10.8. The minimum Gasteiger partial charge on any atom is -0.477 e. The van der Waals surface area contributed by atoms with Crippen LogP contribution < -0.4 is 0 Å². The molecule has 0 radical (unpaired) electrons. The number of aromatic carboxylic acids is 1. The zero-order valence-corrected chi connectivity index (χ0v) is 9.84. The number of ether oxygens (including phenoxy) is 1. The van der Waals surface area contributed by atoms with Crippen LogP contribution in [0.3, 0.4) is 0 Å². The van der Waals surface area contributed by atoms with Gasteiger partial charge >= 0.3 is 5.97 Å². The van der Waals surface area contributed by atoms with Gasteiger partial charge in [-0.1, -0.05) is 13.3 Å². The van der Waals surface area contributed by atoms with Crippen LogP contribution in [0.5, 0.6) is 0 Å². The van der Waals surface area contributed by atoms with Crippen molar-refractivity contribution >= 4 is 17.3 Å². The largest absolute Gasteiger partial charge is 0.477 e. The molecule has 0 aliphatic rings. The molecule has 0 bridgehead atoms. The molecule has 1 N–H and O–H groups in total. The number of carboxylic acids is 1. The van der Waals surface area contributed by atoms with Crippen molar-refractivity contribution in [1.29, 1.82) is 0 Å². The molecule has 0 aromatic carbocycles. The molecule has 4 heteroatoms. The normalized spacial score (nSPS) is 12.7. The van der Waals surface area contributed by atoms with Gasteiger partial charge in [0.15, 0.2) is 0 Å². The van der Waals surface area contributed by atoms with Crippen molar-refractivity contribution < 1.29 is 14.6 Å². The zero-order chi connectivity index (χ0) is 11.3. The summed E-state index contributed by atoms with van der Waals surface area (Å²) >= 11 is 1.24. The molecule has 84 valence electrons. The molecule has 0 amide bonds. The third-order valence-corrected chi connectivity index (χ3v) is 3.10. The van der Waals surface area contributed by atoms with Crippen LogP contribution in [-0.2, 0) is 11.3 Å². The fourth-order valence-electron chi connectivity index (χ4n) is 1.36. The van der Waals surface area contributed by atoms with Crippen LogP contribution in [0.2, 0.25) is 0 Å². The van der Waals surface area contributed by atoms with Gasteiger partial charge in [0.2, 0.25) is 0 Å². The average Bonchev–Trinajstić information content (AvgIpc) is 2.63. The molecular formula is C11H16O3S. The van der Waals surface area contributed by atoms with E-state index < -0.39 is 5.97 Å². The Morgan fingerprint density at radius 1 is 1.67 bits per heavy atom. The van der Waals surface area contributed by atoms with Crippen LogP contribution in [-0.4, -0.2) is 17.2 Å². The Hall–Kier alpha value is -0.870. The highest BCUT2D eigenvalue weighted by Gasteiger charge is 2.12. The molecule has 15 heavy (non-hydrogen) atoms. The summed E-state index contributed by atoms with van der Waals surface area (Å²) in [6, 6.07) is 1.81. The fraction of sp³-hybridized carbons (Fsp3) is 0.545. The summed E-state index contributed by atoms with van der Waals surface area (Å²) in [5.41, 5.74) is 0.774. The van der Waals surface area contributed by atoms with Crippen molar-refractivity contribution in [2.75, 3.05) is 0 Å². The average molecular weight is 228 g/mol. The second-order valence-corrected chi connectivity index (χ2v) is 4.41. The Morgan fingerprint density at radius 3 is 3.00 bits per heavy atom. The Kier molecular flexibility index (Phi) is 4.78. The van der Waals surface area contributed by atoms with E-state index in [-0.39, 0.29) is 6.10 Å². The Balaban J connectivity index is 2.50. The molecule has 0 saturated heterocycles. The van der Waals surface area contributed by atoms with Gasteiger partial charge in [0.1, 0.15) is 4.88 Å². The minimum absolute atomic E-state index is 0.191. The van der Waals surface area contributed by atoms with Crippen LogP contribution in [0.4, 0.5) is 0 Å². The second-order valence-electron chi connectivity index (χ2n) is 3.49. The third-order valence-electron chi connectivity index (χ3n) is 2.16. The summed E-state index contributed by atoms with van der Waals surface area (Å²) < 4.78 is 5.56. The van der Waals surface area contributed by atoms with Gasteiger partial charge in [0.05, 0.1) is 12.7 Å². The Labute approximate surface area is 93.7 Å². The number of carbonyl (C=O) groups is 1. The van der Waals surface area contributed by atoms with E-state index in [1.54, 1.807) is 5.38 Å². The first-order valence-corrected chi connectivity index (χ1v) is 5.94. The smallest absolute Gasteiger partial charge is 0.346 e. The molecule has 0 aliphatic heterocycles. The monoisotopic (exact) mass is 228 g/mol. The predicted molar refractivity (Wildman–Crippen MR) is 60.4 cm³/mol. The lowest BCUT2D eigenvalue weighted by molar-refractivity contribution is 0.0458. The highest BCUT2D eigenvalue weighted by atomic mass is 32.1. The zero-order valence-electron chi connectivity index (χ0n) is 9.03. The van der Waals surface area contributed by atoms with E-state index >= 15 is 0 Å². The summed E-state index contributed by atoms with van der Waals surface area (Å²) in [5.74, 6) is -0.869. The van der Waals surface area contributed by atoms with Gasteiger partial charge in [0, 0.05) is 5.56 Å². The van der Waals surface area contributed by atoms with Crippen molar-refractivity contribution in [1.82, 2.24) is 0 Å². The van der Waals surface area contributed by atoms with Gasteiger partial charge in [0.25, 0.3) is 0 Å². The molecule has 0 aliphatic carbocycles.